The smallest absolute Gasteiger partial charge is 0.405 e. The molecular formula is C14H10F3NO2. The second-order valence-electron chi connectivity index (χ2n) is 4.02. The van der Waals surface area contributed by atoms with Gasteiger partial charge in [-0.05, 0) is 25.1 Å². The zero-order valence-electron chi connectivity index (χ0n) is 10.4. The van der Waals surface area contributed by atoms with Crippen molar-refractivity contribution in [3.8, 4) is 5.75 Å². The number of carbonyl (C=O) groups excluding carboxylic acids is 1. The molecule has 1 heterocycles. The van der Waals surface area contributed by atoms with Crippen LogP contribution in [0.25, 0.3) is 0 Å². The standard InChI is InChI=1S/C14H10F3NO2/c1-9-10(13(19)11-6-2-3-8-18-11)5-4-7-12(9)20-14(15,16)17/h2-8H,1H3. The average Bonchev–Trinajstić information content (AvgIpc) is 2.40. The van der Waals surface area contributed by atoms with E-state index in [0.29, 0.717) is 0 Å². The molecule has 0 radical (unpaired) electrons. The minimum atomic E-state index is -4.79. The van der Waals surface area contributed by atoms with Crippen LogP contribution in [0.3, 0.4) is 0 Å². The van der Waals surface area contributed by atoms with E-state index in [-0.39, 0.29) is 22.6 Å². The average molecular weight is 281 g/mol. The molecule has 0 fully saturated rings. The van der Waals surface area contributed by atoms with Gasteiger partial charge < -0.3 is 4.74 Å². The quantitative estimate of drug-likeness (QED) is 0.808. The van der Waals surface area contributed by atoms with Crippen molar-refractivity contribution >= 4 is 5.78 Å². The van der Waals surface area contributed by atoms with Crippen LogP contribution in [0.5, 0.6) is 5.75 Å². The number of alkyl halides is 3. The molecule has 0 N–H and O–H groups in total. The van der Waals surface area contributed by atoms with E-state index in [4.69, 9.17) is 0 Å². The fourth-order valence-electron chi connectivity index (χ4n) is 1.73. The highest BCUT2D eigenvalue weighted by molar-refractivity contribution is 6.08. The van der Waals surface area contributed by atoms with Crippen LogP contribution >= 0.6 is 0 Å². The maximum Gasteiger partial charge on any atom is 0.573 e. The summed E-state index contributed by atoms with van der Waals surface area (Å²) in [5.41, 5.74) is 0.422. The zero-order valence-corrected chi connectivity index (χ0v) is 10.4. The first-order valence-electron chi connectivity index (χ1n) is 5.69. The number of carbonyl (C=O) groups is 1. The summed E-state index contributed by atoms with van der Waals surface area (Å²) in [6.07, 6.45) is -3.35. The van der Waals surface area contributed by atoms with Gasteiger partial charge in [0, 0.05) is 17.3 Å². The molecule has 0 atom stereocenters. The van der Waals surface area contributed by atoms with Crippen LogP contribution in [0.4, 0.5) is 13.2 Å². The topological polar surface area (TPSA) is 39.2 Å². The first-order chi connectivity index (χ1) is 9.38. The predicted octanol–water partition coefficient (Wildman–Crippen LogP) is 3.52. The molecule has 0 saturated heterocycles. The number of hydrogen-bond acceptors (Lipinski definition) is 3. The molecule has 0 saturated carbocycles. The molecule has 0 aliphatic carbocycles. The Morgan fingerprint density at radius 1 is 1.15 bits per heavy atom. The predicted molar refractivity (Wildman–Crippen MR) is 65.5 cm³/mol. The fourth-order valence-corrected chi connectivity index (χ4v) is 1.73. The molecule has 0 amide bonds. The van der Waals surface area contributed by atoms with Gasteiger partial charge in [0.2, 0.25) is 5.78 Å². The Labute approximate surface area is 113 Å². The zero-order chi connectivity index (χ0) is 14.8. The van der Waals surface area contributed by atoms with Crippen molar-refractivity contribution in [3.63, 3.8) is 0 Å². The van der Waals surface area contributed by atoms with E-state index < -0.39 is 12.1 Å². The Balaban J connectivity index is 2.39. The monoisotopic (exact) mass is 281 g/mol. The fraction of sp³-hybridized carbons (Fsp3) is 0.143. The van der Waals surface area contributed by atoms with E-state index in [9.17, 15) is 18.0 Å². The first-order valence-corrected chi connectivity index (χ1v) is 5.69. The van der Waals surface area contributed by atoms with Crippen LogP contribution < -0.4 is 4.74 Å². The third kappa shape index (κ3) is 3.14. The Morgan fingerprint density at radius 2 is 1.90 bits per heavy atom. The van der Waals surface area contributed by atoms with Crippen molar-refractivity contribution < 1.29 is 22.7 Å². The third-order valence-corrected chi connectivity index (χ3v) is 2.65. The van der Waals surface area contributed by atoms with Gasteiger partial charge in [0.15, 0.2) is 0 Å². The number of aromatic nitrogens is 1. The number of pyridine rings is 1. The SMILES string of the molecule is Cc1c(OC(F)(F)F)cccc1C(=O)c1ccccn1. The first kappa shape index (κ1) is 14.0. The third-order valence-electron chi connectivity index (χ3n) is 2.65. The summed E-state index contributed by atoms with van der Waals surface area (Å²) in [6.45, 7) is 1.40. The Bertz CT molecular complexity index is 624. The highest BCUT2D eigenvalue weighted by Crippen LogP contribution is 2.28. The van der Waals surface area contributed by atoms with E-state index in [1.165, 1.54) is 31.3 Å². The van der Waals surface area contributed by atoms with Gasteiger partial charge in [-0.15, -0.1) is 13.2 Å². The summed E-state index contributed by atoms with van der Waals surface area (Å²) < 4.78 is 40.7. The lowest BCUT2D eigenvalue weighted by Gasteiger charge is -2.13. The van der Waals surface area contributed by atoms with Gasteiger partial charge in [0.25, 0.3) is 0 Å². The summed E-state index contributed by atoms with van der Waals surface area (Å²) in [4.78, 5) is 16.1. The molecule has 2 aromatic rings. The lowest BCUT2D eigenvalue weighted by Crippen LogP contribution is -2.18. The van der Waals surface area contributed by atoms with Gasteiger partial charge in [0.1, 0.15) is 11.4 Å². The summed E-state index contributed by atoms with van der Waals surface area (Å²) in [5.74, 6) is -0.838. The van der Waals surface area contributed by atoms with Crippen molar-refractivity contribution in [2.75, 3.05) is 0 Å². The molecule has 104 valence electrons. The van der Waals surface area contributed by atoms with Crippen LogP contribution in [-0.2, 0) is 0 Å². The highest BCUT2D eigenvalue weighted by atomic mass is 19.4. The normalized spacial score (nSPS) is 11.2. The van der Waals surface area contributed by atoms with Gasteiger partial charge in [-0.3, -0.25) is 9.78 Å². The molecule has 0 bridgehead atoms. The van der Waals surface area contributed by atoms with E-state index in [1.807, 2.05) is 0 Å². The van der Waals surface area contributed by atoms with E-state index in [0.717, 1.165) is 6.07 Å². The number of ether oxygens (including phenoxy) is 1. The molecule has 1 aromatic carbocycles. The summed E-state index contributed by atoms with van der Waals surface area (Å²) in [6, 6.07) is 8.72. The minimum Gasteiger partial charge on any atom is -0.405 e. The molecule has 3 nitrogen and oxygen atoms in total. The molecule has 0 spiro atoms. The van der Waals surface area contributed by atoms with Gasteiger partial charge in [0.05, 0.1) is 0 Å². The van der Waals surface area contributed by atoms with Crippen LogP contribution in [-0.4, -0.2) is 17.1 Å². The molecule has 0 aliphatic rings. The molecule has 20 heavy (non-hydrogen) atoms. The number of benzene rings is 1. The maximum absolute atomic E-state index is 12.3. The van der Waals surface area contributed by atoms with Crippen LogP contribution in [0.15, 0.2) is 42.6 Å². The van der Waals surface area contributed by atoms with Gasteiger partial charge >= 0.3 is 6.36 Å². The number of halogens is 3. The summed E-state index contributed by atoms with van der Waals surface area (Å²) in [5, 5.41) is 0. The Hall–Kier alpha value is -2.37. The van der Waals surface area contributed by atoms with Gasteiger partial charge in [-0.25, -0.2) is 0 Å². The van der Waals surface area contributed by atoms with E-state index in [2.05, 4.69) is 9.72 Å². The summed E-state index contributed by atoms with van der Waals surface area (Å²) >= 11 is 0. The molecule has 1 aromatic heterocycles. The second kappa shape index (κ2) is 5.32. The van der Waals surface area contributed by atoms with Crippen LogP contribution in [0, 0.1) is 6.92 Å². The Morgan fingerprint density at radius 3 is 2.50 bits per heavy atom. The summed E-state index contributed by atoms with van der Waals surface area (Å²) in [7, 11) is 0. The molecular weight excluding hydrogens is 271 g/mol. The van der Waals surface area contributed by atoms with Crippen molar-refractivity contribution in [3.05, 3.63) is 59.4 Å². The largest absolute Gasteiger partial charge is 0.573 e. The number of rotatable bonds is 3. The minimum absolute atomic E-state index is 0.125. The van der Waals surface area contributed by atoms with Crippen LogP contribution in [0.1, 0.15) is 21.6 Å². The second-order valence-corrected chi connectivity index (χ2v) is 4.02. The lowest BCUT2D eigenvalue weighted by molar-refractivity contribution is -0.274. The number of hydrogen-bond donors (Lipinski definition) is 0. The van der Waals surface area contributed by atoms with Crippen molar-refractivity contribution in [2.45, 2.75) is 13.3 Å². The van der Waals surface area contributed by atoms with Crippen molar-refractivity contribution in [2.24, 2.45) is 0 Å². The van der Waals surface area contributed by atoms with Crippen LogP contribution in [0.2, 0.25) is 0 Å². The van der Waals surface area contributed by atoms with Crippen molar-refractivity contribution in [1.82, 2.24) is 4.98 Å². The Kier molecular flexibility index (Phi) is 3.74. The molecule has 2 rings (SSSR count). The highest BCUT2D eigenvalue weighted by Gasteiger charge is 2.32. The van der Waals surface area contributed by atoms with Crippen molar-refractivity contribution in [1.29, 1.82) is 0 Å². The van der Waals surface area contributed by atoms with E-state index in [1.54, 1.807) is 12.1 Å². The molecule has 0 unspecified atom stereocenters. The maximum atomic E-state index is 12.3. The number of ketones is 1. The molecule has 6 heteroatoms. The number of nitrogens with zero attached hydrogens (tertiary/aromatic N) is 1. The van der Waals surface area contributed by atoms with Gasteiger partial charge in [-0.1, -0.05) is 18.2 Å². The van der Waals surface area contributed by atoms with E-state index >= 15 is 0 Å². The lowest BCUT2D eigenvalue weighted by atomic mass is 10.0. The van der Waals surface area contributed by atoms with Gasteiger partial charge in [-0.2, -0.15) is 0 Å². The molecule has 0 aliphatic heterocycles.